The molecular formula is C15H34NO3PS. The first-order chi connectivity index (χ1) is 9.56. The van der Waals surface area contributed by atoms with Gasteiger partial charge >= 0.3 is 0 Å². The molecule has 0 aliphatic rings. The summed E-state index contributed by atoms with van der Waals surface area (Å²) in [5.41, 5.74) is 0. The van der Waals surface area contributed by atoms with Crippen molar-refractivity contribution < 1.29 is 14.3 Å². The lowest BCUT2D eigenvalue weighted by Gasteiger charge is -2.19. The van der Waals surface area contributed by atoms with Crippen molar-refractivity contribution in [3.05, 3.63) is 12.2 Å². The monoisotopic (exact) mass is 339 g/mol. The second-order valence-corrected chi connectivity index (χ2v) is 7.76. The summed E-state index contributed by atoms with van der Waals surface area (Å²) < 4.78 is 4.65. The van der Waals surface area contributed by atoms with Gasteiger partial charge in [0.15, 0.2) is 0 Å². The minimum Gasteiger partial charge on any atom is -0.780 e. The van der Waals surface area contributed by atoms with Gasteiger partial charge in [-0.1, -0.05) is 75.8 Å². The lowest BCUT2D eigenvalue weighted by molar-refractivity contribution is -0.201. The van der Waals surface area contributed by atoms with E-state index >= 15 is 0 Å². The van der Waals surface area contributed by atoms with Gasteiger partial charge in [0, 0.05) is 0 Å². The summed E-state index contributed by atoms with van der Waals surface area (Å²) >= 11 is 4.26. The van der Waals surface area contributed by atoms with Crippen LogP contribution in [0.4, 0.5) is 0 Å². The molecule has 0 radical (unpaired) electrons. The quantitative estimate of drug-likeness (QED) is 0.270. The molecule has 1 atom stereocenters. The Bertz CT molecular complexity index is 282. The van der Waals surface area contributed by atoms with Crippen molar-refractivity contribution in [3.63, 3.8) is 0 Å². The van der Waals surface area contributed by atoms with Crippen molar-refractivity contribution in [1.29, 1.82) is 0 Å². The summed E-state index contributed by atoms with van der Waals surface area (Å²) in [6.07, 6.45) is 17.8. The zero-order valence-corrected chi connectivity index (χ0v) is 15.5. The third-order valence-corrected chi connectivity index (χ3v) is 3.99. The van der Waals surface area contributed by atoms with E-state index in [1.165, 1.54) is 57.8 Å². The molecule has 0 amide bonds. The van der Waals surface area contributed by atoms with E-state index in [4.69, 9.17) is 4.89 Å². The molecule has 0 aromatic carbocycles. The average molecular weight is 339 g/mol. The zero-order chi connectivity index (χ0) is 15.1. The van der Waals surface area contributed by atoms with Crippen LogP contribution in [0.5, 0.6) is 0 Å². The van der Waals surface area contributed by atoms with E-state index in [9.17, 15) is 4.89 Å². The molecular weight excluding hydrogens is 305 g/mol. The van der Waals surface area contributed by atoms with Gasteiger partial charge < -0.3 is 20.5 Å². The van der Waals surface area contributed by atoms with Gasteiger partial charge in [-0.3, -0.25) is 0 Å². The molecule has 6 heteroatoms. The number of hydrogen-bond donors (Lipinski definition) is 2. The fraction of sp³-hybridized carbons (Fsp3) is 0.867. The van der Waals surface area contributed by atoms with Gasteiger partial charge in [-0.05, 0) is 25.7 Å². The molecule has 0 aromatic heterocycles. The van der Waals surface area contributed by atoms with Gasteiger partial charge in [0.1, 0.15) is 6.72 Å². The highest BCUT2D eigenvalue weighted by atomic mass is 32.5. The van der Waals surface area contributed by atoms with Crippen LogP contribution in [0.3, 0.4) is 0 Å². The van der Waals surface area contributed by atoms with Crippen LogP contribution in [-0.2, 0) is 16.3 Å². The minimum atomic E-state index is -3.67. The molecule has 128 valence electrons. The summed E-state index contributed by atoms with van der Waals surface area (Å²) in [5.74, 6) is 0. The topological polar surface area (TPSA) is 89.0 Å². The second-order valence-electron chi connectivity index (χ2n) is 5.18. The highest BCUT2D eigenvalue weighted by Gasteiger charge is 1.96. The maximum Gasteiger partial charge on any atom is 0.112 e. The molecule has 21 heavy (non-hydrogen) atoms. The van der Waals surface area contributed by atoms with E-state index in [-0.39, 0.29) is 6.15 Å². The van der Waals surface area contributed by atoms with E-state index in [2.05, 4.69) is 35.4 Å². The fourth-order valence-electron chi connectivity index (χ4n) is 1.99. The number of quaternary nitrogens is 1. The molecule has 4 nitrogen and oxygen atoms in total. The molecule has 0 aliphatic heterocycles. The molecule has 0 fully saturated rings. The molecule has 1 unspecified atom stereocenters. The summed E-state index contributed by atoms with van der Waals surface area (Å²) in [5, 5.41) is 0. The number of unbranched alkanes of at least 4 members (excludes halogenated alkanes) is 9. The van der Waals surface area contributed by atoms with Crippen LogP contribution >= 0.6 is 6.72 Å². The van der Waals surface area contributed by atoms with Crippen LogP contribution in [0, 0.1) is 0 Å². The minimum absolute atomic E-state index is 0. The highest BCUT2D eigenvalue weighted by Crippen LogP contribution is 2.30. The van der Waals surface area contributed by atoms with Gasteiger partial charge in [0.05, 0.1) is 6.61 Å². The van der Waals surface area contributed by atoms with E-state index in [0.29, 0.717) is 6.61 Å². The normalized spacial score (nSPS) is 14.0. The molecule has 0 aliphatic carbocycles. The van der Waals surface area contributed by atoms with Crippen LogP contribution in [-0.4, -0.2) is 11.5 Å². The van der Waals surface area contributed by atoms with Gasteiger partial charge in [-0.15, -0.1) is 0 Å². The third-order valence-electron chi connectivity index (χ3n) is 3.16. The Labute approximate surface area is 135 Å². The molecule has 0 saturated carbocycles. The van der Waals surface area contributed by atoms with Crippen molar-refractivity contribution in [2.75, 3.05) is 6.61 Å². The van der Waals surface area contributed by atoms with Gasteiger partial charge in [0.2, 0.25) is 0 Å². The Morgan fingerprint density at radius 1 is 0.952 bits per heavy atom. The number of allylic oxidation sites excluding steroid dienone is 2. The highest BCUT2D eigenvalue weighted by molar-refractivity contribution is 8.06. The van der Waals surface area contributed by atoms with Crippen LogP contribution in [0.1, 0.15) is 77.6 Å². The average Bonchev–Trinajstić information content (AvgIpc) is 2.38. The summed E-state index contributed by atoms with van der Waals surface area (Å²) in [4.78, 5) is 19.4. The predicted molar refractivity (Wildman–Crippen MR) is 94.0 cm³/mol. The summed E-state index contributed by atoms with van der Waals surface area (Å²) in [7, 11) is 0. The van der Waals surface area contributed by atoms with Crippen LogP contribution in [0.2, 0.25) is 0 Å². The van der Waals surface area contributed by atoms with Crippen molar-refractivity contribution in [2.45, 2.75) is 77.6 Å². The third kappa shape index (κ3) is 22.6. The first kappa shape index (κ1) is 23.5. The standard InChI is InChI=1S/C15H31O3PS.H3N/c1-2-3-4-5-6-7-8-9-10-11-12-13-14-15-18-19(16,17)20;/h5-6H,2-4,7-15H2,1H3,(H2,16,17,20);1H3/b6-5-;. The van der Waals surface area contributed by atoms with Crippen LogP contribution in [0.15, 0.2) is 12.2 Å². The Morgan fingerprint density at radius 2 is 1.43 bits per heavy atom. The van der Waals surface area contributed by atoms with Crippen molar-refractivity contribution >= 4 is 18.5 Å². The second kappa shape index (κ2) is 16.6. The zero-order valence-electron chi connectivity index (χ0n) is 13.8. The van der Waals surface area contributed by atoms with Crippen molar-refractivity contribution in [1.82, 2.24) is 6.15 Å². The molecule has 0 saturated heterocycles. The SMILES string of the molecule is CCCC/C=C\CCCCCCCCCOP([O-])(O)=S.[NH4+]. The Balaban J connectivity index is 0. The van der Waals surface area contributed by atoms with Gasteiger partial charge in [0.25, 0.3) is 0 Å². The van der Waals surface area contributed by atoms with E-state index in [0.717, 1.165) is 12.8 Å². The molecule has 5 N–H and O–H groups in total. The van der Waals surface area contributed by atoms with Crippen LogP contribution in [0.25, 0.3) is 0 Å². The summed E-state index contributed by atoms with van der Waals surface area (Å²) in [6, 6.07) is 0. The molecule has 0 aromatic rings. The summed E-state index contributed by atoms with van der Waals surface area (Å²) in [6.45, 7) is -1.15. The van der Waals surface area contributed by atoms with Crippen molar-refractivity contribution in [2.24, 2.45) is 0 Å². The maximum absolute atomic E-state index is 10.7. The van der Waals surface area contributed by atoms with E-state index in [1.54, 1.807) is 0 Å². The predicted octanol–water partition coefficient (Wildman–Crippen LogP) is 4.82. The van der Waals surface area contributed by atoms with Gasteiger partial charge in [-0.25, -0.2) is 0 Å². The van der Waals surface area contributed by atoms with Crippen molar-refractivity contribution in [3.8, 4) is 0 Å². The largest absolute Gasteiger partial charge is 0.780 e. The number of rotatable bonds is 14. The van der Waals surface area contributed by atoms with Crippen LogP contribution < -0.4 is 11.0 Å². The first-order valence-corrected chi connectivity index (χ1v) is 10.5. The molecule has 0 spiro atoms. The Hall–Kier alpha value is 0.230. The Morgan fingerprint density at radius 3 is 1.95 bits per heavy atom. The lowest BCUT2D eigenvalue weighted by Crippen LogP contribution is -2.03. The Kier molecular flexibility index (Phi) is 18.6. The van der Waals surface area contributed by atoms with Gasteiger partial charge in [-0.2, -0.15) is 0 Å². The fourth-order valence-corrected chi connectivity index (χ4v) is 2.57. The first-order valence-electron chi connectivity index (χ1n) is 7.89. The lowest BCUT2D eigenvalue weighted by atomic mass is 10.1. The maximum atomic E-state index is 10.7. The van der Waals surface area contributed by atoms with E-state index in [1.807, 2.05) is 0 Å². The molecule has 0 bridgehead atoms. The number of hydrogen-bond acceptors (Lipinski definition) is 3. The van der Waals surface area contributed by atoms with E-state index < -0.39 is 6.72 Å². The smallest absolute Gasteiger partial charge is 0.112 e. The molecule has 0 heterocycles. The molecule has 0 rings (SSSR count).